The third-order valence-corrected chi connectivity index (χ3v) is 5.76. The molecule has 2 amide bonds. The second kappa shape index (κ2) is 5.72. The molecule has 112 valence electrons. The summed E-state index contributed by atoms with van der Waals surface area (Å²) in [6.45, 7) is 0. The number of primary amides is 1. The summed E-state index contributed by atoms with van der Waals surface area (Å²) in [6, 6.07) is 8.06. The van der Waals surface area contributed by atoms with E-state index in [2.05, 4.69) is 11.4 Å². The normalized spacial score (nSPS) is 23.3. The highest BCUT2D eigenvalue weighted by molar-refractivity contribution is 8.00. The predicted molar refractivity (Wildman–Crippen MR) is 83.9 cm³/mol. The van der Waals surface area contributed by atoms with Gasteiger partial charge in [0.1, 0.15) is 10.8 Å². The van der Waals surface area contributed by atoms with Gasteiger partial charge in [-0.3, -0.25) is 9.59 Å². The summed E-state index contributed by atoms with van der Waals surface area (Å²) < 4.78 is 0. The number of carbonyl (C=O) groups excluding carboxylic acids is 2. The van der Waals surface area contributed by atoms with E-state index in [1.165, 1.54) is 5.56 Å². The zero-order chi connectivity index (χ0) is 14.9. The van der Waals surface area contributed by atoms with Crippen molar-refractivity contribution in [3.8, 4) is 0 Å². The van der Waals surface area contributed by atoms with Crippen molar-refractivity contribution >= 4 is 23.6 Å². The van der Waals surface area contributed by atoms with Gasteiger partial charge in [0.25, 0.3) is 0 Å². The van der Waals surface area contributed by atoms with Gasteiger partial charge in [-0.15, -0.1) is 11.8 Å². The molecule has 1 aliphatic carbocycles. The minimum Gasteiger partial charge on any atom is -0.368 e. The monoisotopic (exact) mass is 304 g/mol. The Morgan fingerprint density at radius 2 is 1.95 bits per heavy atom. The van der Waals surface area contributed by atoms with E-state index in [0.717, 1.165) is 30.6 Å². The molecule has 1 atom stereocenters. The van der Waals surface area contributed by atoms with Crippen molar-refractivity contribution in [2.75, 3.05) is 5.75 Å². The molecule has 1 heterocycles. The summed E-state index contributed by atoms with van der Waals surface area (Å²) in [7, 11) is 0. The SMILES string of the molecule is NC(=O)C1(NC(=O)C2SCCc3ccccc32)CCCC1. The Hall–Kier alpha value is -1.49. The number of hydrogen-bond acceptors (Lipinski definition) is 3. The molecule has 0 aromatic heterocycles. The molecule has 0 saturated heterocycles. The molecule has 3 N–H and O–H groups in total. The Balaban J connectivity index is 1.82. The lowest BCUT2D eigenvalue weighted by Crippen LogP contribution is -2.56. The van der Waals surface area contributed by atoms with Gasteiger partial charge in [0.05, 0.1) is 0 Å². The number of thioether (sulfide) groups is 1. The fraction of sp³-hybridized carbons (Fsp3) is 0.500. The smallest absolute Gasteiger partial charge is 0.243 e. The molecule has 0 bridgehead atoms. The van der Waals surface area contributed by atoms with Crippen LogP contribution in [0.15, 0.2) is 24.3 Å². The van der Waals surface area contributed by atoms with Crippen LogP contribution in [0, 0.1) is 0 Å². The van der Waals surface area contributed by atoms with Gasteiger partial charge in [0.15, 0.2) is 0 Å². The minimum absolute atomic E-state index is 0.0761. The predicted octanol–water partition coefficient (Wildman–Crippen LogP) is 1.93. The fourth-order valence-corrected chi connectivity index (χ4v) is 4.52. The number of benzene rings is 1. The first-order valence-electron chi connectivity index (χ1n) is 7.44. The van der Waals surface area contributed by atoms with Crippen molar-refractivity contribution < 1.29 is 9.59 Å². The van der Waals surface area contributed by atoms with Crippen molar-refractivity contribution in [3.05, 3.63) is 35.4 Å². The lowest BCUT2D eigenvalue weighted by molar-refractivity contribution is -0.131. The number of amides is 2. The molecule has 3 rings (SSSR count). The van der Waals surface area contributed by atoms with Gasteiger partial charge < -0.3 is 11.1 Å². The van der Waals surface area contributed by atoms with Gasteiger partial charge >= 0.3 is 0 Å². The number of rotatable bonds is 3. The summed E-state index contributed by atoms with van der Waals surface area (Å²) in [5.41, 5.74) is 7.02. The number of nitrogens with one attached hydrogen (secondary N) is 1. The molecule has 1 aliphatic heterocycles. The van der Waals surface area contributed by atoms with Crippen LogP contribution in [0.5, 0.6) is 0 Å². The highest BCUT2D eigenvalue weighted by atomic mass is 32.2. The van der Waals surface area contributed by atoms with Gasteiger partial charge in [0.2, 0.25) is 11.8 Å². The van der Waals surface area contributed by atoms with E-state index in [1.54, 1.807) is 11.8 Å². The van der Waals surface area contributed by atoms with Crippen LogP contribution in [0.2, 0.25) is 0 Å². The average molecular weight is 304 g/mol. The zero-order valence-corrected chi connectivity index (χ0v) is 12.7. The molecule has 1 saturated carbocycles. The molecular weight excluding hydrogens is 284 g/mol. The van der Waals surface area contributed by atoms with E-state index < -0.39 is 11.4 Å². The Bertz CT molecular complexity index is 567. The largest absolute Gasteiger partial charge is 0.368 e. The molecule has 0 spiro atoms. The molecule has 1 fully saturated rings. The molecular formula is C16H20N2O2S. The van der Waals surface area contributed by atoms with Crippen LogP contribution in [-0.2, 0) is 16.0 Å². The molecule has 5 heteroatoms. The Morgan fingerprint density at radius 3 is 2.67 bits per heavy atom. The van der Waals surface area contributed by atoms with E-state index in [0.29, 0.717) is 12.8 Å². The number of carbonyl (C=O) groups is 2. The third kappa shape index (κ3) is 2.67. The number of fused-ring (bicyclic) bond motifs is 1. The Kier molecular flexibility index (Phi) is 3.93. The van der Waals surface area contributed by atoms with E-state index in [4.69, 9.17) is 5.73 Å². The van der Waals surface area contributed by atoms with Crippen molar-refractivity contribution in [3.63, 3.8) is 0 Å². The highest BCUT2D eigenvalue weighted by Crippen LogP contribution is 2.38. The van der Waals surface area contributed by atoms with Gasteiger partial charge in [-0.1, -0.05) is 37.1 Å². The molecule has 1 aromatic rings. The van der Waals surface area contributed by atoms with Crippen LogP contribution in [0.1, 0.15) is 42.1 Å². The van der Waals surface area contributed by atoms with Crippen LogP contribution < -0.4 is 11.1 Å². The lowest BCUT2D eigenvalue weighted by atomic mass is 9.95. The van der Waals surface area contributed by atoms with Crippen LogP contribution in [-0.4, -0.2) is 23.1 Å². The molecule has 2 aliphatic rings. The second-order valence-electron chi connectivity index (χ2n) is 5.84. The quantitative estimate of drug-likeness (QED) is 0.896. The Labute approximate surface area is 128 Å². The second-order valence-corrected chi connectivity index (χ2v) is 7.06. The lowest BCUT2D eigenvalue weighted by Gasteiger charge is -2.31. The fourth-order valence-electron chi connectivity index (χ4n) is 3.32. The standard InChI is InChI=1S/C16H20N2O2S/c17-15(20)16(8-3-4-9-16)18-14(19)13-12-6-2-1-5-11(12)7-10-21-13/h1-2,5-6,13H,3-4,7-10H2,(H2,17,20)(H,18,19). The minimum atomic E-state index is -0.829. The number of nitrogens with two attached hydrogens (primary N) is 1. The highest BCUT2D eigenvalue weighted by Gasteiger charge is 2.42. The summed E-state index contributed by atoms with van der Waals surface area (Å²) >= 11 is 1.64. The van der Waals surface area contributed by atoms with Crippen molar-refractivity contribution in [1.82, 2.24) is 5.32 Å². The van der Waals surface area contributed by atoms with Gasteiger partial charge in [0, 0.05) is 0 Å². The molecule has 1 aromatic carbocycles. The van der Waals surface area contributed by atoms with E-state index in [9.17, 15) is 9.59 Å². The van der Waals surface area contributed by atoms with Crippen LogP contribution >= 0.6 is 11.8 Å². The third-order valence-electron chi connectivity index (χ3n) is 4.52. The van der Waals surface area contributed by atoms with Gasteiger partial charge in [-0.2, -0.15) is 0 Å². The maximum Gasteiger partial charge on any atom is 0.243 e. The number of hydrogen-bond donors (Lipinski definition) is 2. The first kappa shape index (κ1) is 14.4. The van der Waals surface area contributed by atoms with Crippen LogP contribution in [0.25, 0.3) is 0 Å². The first-order chi connectivity index (χ1) is 10.1. The molecule has 21 heavy (non-hydrogen) atoms. The van der Waals surface area contributed by atoms with E-state index in [-0.39, 0.29) is 11.2 Å². The van der Waals surface area contributed by atoms with Gasteiger partial charge in [-0.05, 0) is 36.1 Å². The molecule has 0 radical (unpaired) electrons. The molecule has 1 unspecified atom stereocenters. The summed E-state index contributed by atoms with van der Waals surface area (Å²) in [5.74, 6) is 0.453. The van der Waals surface area contributed by atoms with E-state index >= 15 is 0 Å². The number of aryl methyl sites for hydroxylation is 1. The summed E-state index contributed by atoms with van der Waals surface area (Å²) in [5, 5.41) is 2.74. The summed E-state index contributed by atoms with van der Waals surface area (Å²) in [6.07, 6.45) is 4.20. The van der Waals surface area contributed by atoms with Gasteiger partial charge in [-0.25, -0.2) is 0 Å². The van der Waals surface area contributed by atoms with E-state index in [1.807, 2.05) is 18.2 Å². The first-order valence-corrected chi connectivity index (χ1v) is 8.49. The maximum absolute atomic E-state index is 12.7. The van der Waals surface area contributed by atoms with Crippen LogP contribution in [0.4, 0.5) is 0 Å². The molecule has 4 nitrogen and oxygen atoms in total. The van der Waals surface area contributed by atoms with Crippen molar-refractivity contribution in [2.45, 2.75) is 42.9 Å². The van der Waals surface area contributed by atoms with Crippen LogP contribution in [0.3, 0.4) is 0 Å². The maximum atomic E-state index is 12.7. The zero-order valence-electron chi connectivity index (χ0n) is 11.9. The Morgan fingerprint density at radius 1 is 1.24 bits per heavy atom. The van der Waals surface area contributed by atoms with Crippen molar-refractivity contribution in [1.29, 1.82) is 0 Å². The van der Waals surface area contributed by atoms with Crippen molar-refractivity contribution in [2.24, 2.45) is 5.73 Å². The average Bonchev–Trinajstić information content (AvgIpc) is 2.96. The summed E-state index contributed by atoms with van der Waals surface area (Å²) in [4.78, 5) is 24.5. The topological polar surface area (TPSA) is 72.2 Å².